The van der Waals surface area contributed by atoms with Crippen LogP contribution in [-0.2, 0) is 0 Å². The van der Waals surface area contributed by atoms with Crippen LogP contribution >= 0.6 is 0 Å². The number of nitrogens with zero attached hydrogens (tertiary/aromatic N) is 2. The third kappa shape index (κ3) is 5.43. The van der Waals surface area contributed by atoms with Crippen LogP contribution in [0.2, 0.25) is 0 Å². The van der Waals surface area contributed by atoms with Crippen LogP contribution in [0.3, 0.4) is 0 Å². The second-order valence-corrected chi connectivity index (χ2v) is 10.9. The predicted octanol–water partition coefficient (Wildman–Crippen LogP) is 13.3. The molecule has 0 amide bonds. The van der Waals surface area contributed by atoms with E-state index in [9.17, 15) is 13.7 Å². The van der Waals surface area contributed by atoms with Gasteiger partial charge in [-0.15, -0.1) is 0 Å². The Morgan fingerprint density at radius 2 is 0.920 bits per heavy atom. The van der Waals surface area contributed by atoms with Gasteiger partial charge in [0.05, 0.1) is 41.2 Å². The maximum Gasteiger partial charge on any atom is 0.0651 e. The van der Waals surface area contributed by atoms with Crippen molar-refractivity contribution in [3.05, 3.63) is 206 Å². The number of aromatic nitrogens is 1. The van der Waals surface area contributed by atoms with Gasteiger partial charge in [0.15, 0.2) is 0 Å². The van der Waals surface area contributed by atoms with Gasteiger partial charge in [0.1, 0.15) is 0 Å². The SMILES string of the molecule is [2H]c1c([2H])c([2H])c(-c2c([2H])c([2H])c(N(c3c([2H])c([2H])c([2H])c(-c4ccc5c(c4)c4ccccc4n5-c4ccccc4)c3[2H])c3c([2H])c([2H])c([2H])c(-c4c([2H])c([2H])c([2H])c([2H])c4[2H])c3[2H])c([2H])c2[2H])c([2H])c1[2H]. The van der Waals surface area contributed by atoms with Crippen molar-refractivity contribution in [2.24, 2.45) is 0 Å². The predicted molar refractivity (Wildman–Crippen MR) is 212 cm³/mol. The topological polar surface area (TPSA) is 8.17 Å². The minimum atomic E-state index is -1.11. The fraction of sp³-hybridized carbons (Fsp3) is 0. The average Bonchev–Trinajstić information content (AvgIpc) is 3.70. The number of rotatable bonds is 7. The first-order chi connectivity index (χ1) is 34.0. The molecule has 0 saturated heterocycles. The molecule has 0 aliphatic rings. The summed E-state index contributed by atoms with van der Waals surface area (Å²) >= 11 is 0. The van der Waals surface area contributed by atoms with Crippen LogP contribution in [0.5, 0.6) is 0 Å². The lowest BCUT2D eigenvalue weighted by Crippen LogP contribution is -2.10. The van der Waals surface area contributed by atoms with Gasteiger partial charge in [-0.2, -0.15) is 0 Å². The molecule has 0 radical (unpaired) electrons. The van der Waals surface area contributed by atoms with Crippen molar-refractivity contribution in [1.82, 2.24) is 4.57 Å². The molecule has 0 unspecified atom stereocenters. The minimum Gasteiger partial charge on any atom is -0.310 e. The van der Waals surface area contributed by atoms with Crippen LogP contribution in [0.1, 0.15) is 30.2 Å². The van der Waals surface area contributed by atoms with Crippen molar-refractivity contribution in [2.75, 3.05) is 4.90 Å². The highest BCUT2D eigenvalue weighted by atomic mass is 15.1. The molecule has 0 saturated carbocycles. The molecule has 0 aliphatic heterocycles. The first-order valence-corrected chi connectivity index (χ1v) is 15.3. The molecule has 2 nitrogen and oxygen atoms in total. The molecule has 8 aromatic carbocycles. The summed E-state index contributed by atoms with van der Waals surface area (Å²) in [5.74, 6) is 0. The second kappa shape index (κ2) is 12.8. The molecular weight excluding hydrogens is 605 g/mol. The molecule has 9 aromatic rings. The van der Waals surface area contributed by atoms with Gasteiger partial charge in [-0.05, 0) is 100.0 Å². The standard InChI is InChI=1S/C48H34N2/c1-4-14-35(15-5-1)37-26-29-42(30-27-37)49(43-22-12-18-38(32-43)36-16-6-2-7-17-36)44-23-13-19-39(33-44)40-28-31-48-46(34-40)45-24-10-11-25-47(45)50(48)41-20-8-3-9-21-41/h1-34H/i1D,2D,4D,5D,6D,7D,12D,13D,14D,15D,16D,17D,18D,19D,22D,23D,26D,27D,29D,30D,32D,33D. The van der Waals surface area contributed by atoms with Gasteiger partial charge in [-0.1, -0.05) is 139 Å². The summed E-state index contributed by atoms with van der Waals surface area (Å²) < 4.78 is 199. The van der Waals surface area contributed by atoms with Gasteiger partial charge >= 0.3 is 0 Å². The summed E-state index contributed by atoms with van der Waals surface area (Å²) in [6, 6.07) is 1.16. The van der Waals surface area contributed by atoms with Gasteiger partial charge < -0.3 is 9.47 Å². The van der Waals surface area contributed by atoms with Crippen LogP contribution < -0.4 is 4.90 Å². The molecule has 0 fully saturated rings. The fourth-order valence-corrected chi connectivity index (χ4v) is 5.77. The maximum atomic E-state index is 9.92. The molecule has 1 heterocycles. The van der Waals surface area contributed by atoms with Crippen molar-refractivity contribution in [3.63, 3.8) is 0 Å². The van der Waals surface area contributed by atoms with E-state index in [1.54, 1.807) is 18.2 Å². The van der Waals surface area contributed by atoms with E-state index < -0.39 is 172 Å². The smallest absolute Gasteiger partial charge is 0.0651 e. The zero-order valence-electron chi connectivity index (χ0n) is 47.8. The molecule has 0 aliphatic carbocycles. The molecule has 2 heteroatoms. The van der Waals surface area contributed by atoms with Gasteiger partial charge in [0, 0.05) is 33.5 Å². The third-order valence-electron chi connectivity index (χ3n) is 7.98. The molecule has 0 bridgehead atoms. The van der Waals surface area contributed by atoms with E-state index in [0.29, 0.717) is 15.8 Å². The summed E-state index contributed by atoms with van der Waals surface area (Å²) in [5, 5.41) is 1.38. The van der Waals surface area contributed by atoms with Gasteiger partial charge in [-0.25, -0.2) is 0 Å². The lowest BCUT2D eigenvalue weighted by atomic mass is 10.0. The van der Waals surface area contributed by atoms with E-state index >= 15 is 0 Å². The van der Waals surface area contributed by atoms with Crippen LogP contribution in [0.25, 0.3) is 60.9 Å². The Balaban J connectivity index is 1.43. The van der Waals surface area contributed by atoms with Crippen molar-refractivity contribution in [2.45, 2.75) is 0 Å². The Kier molecular flexibility index (Phi) is 3.69. The number of hydrogen-bond acceptors (Lipinski definition) is 1. The Hall–Kier alpha value is -6.64. The fourth-order valence-electron chi connectivity index (χ4n) is 5.77. The first kappa shape index (κ1) is 14.5. The van der Waals surface area contributed by atoms with Crippen molar-refractivity contribution >= 4 is 38.9 Å². The third-order valence-corrected chi connectivity index (χ3v) is 7.98. The van der Waals surface area contributed by atoms with E-state index in [4.69, 9.17) is 16.4 Å². The zero-order valence-corrected chi connectivity index (χ0v) is 25.8. The number of hydrogen-bond donors (Lipinski definition) is 0. The van der Waals surface area contributed by atoms with E-state index in [1.807, 2.05) is 59.2 Å². The molecule has 0 N–H and O–H groups in total. The molecule has 9 rings (SSSR count). The van der Waals surface area contributed by atoms with Crippen molar-refractivity contribution < 1.29 is 30.2 Å². The second-order valence-electron chi connectivity index (χ2n) is 10.9. The van der Waals surface area contributed by atoms with Gasteiger partial charge in [-0.3, -0.25) is 0 Å². The lowest BCUT2D eigenvalue weighted by Gasteiger charge is -2.27. The summed E-state index contributed by atoms with van der Waals surface area (Å²) in [6.07, 6.45) is 0. The Labute approximate surface area is 323 Å². The van der Waals surface area contributed by atoms with Gasteiger partial charge in [0.2, 0.25) is 0 Å². The maximum absolute atomic E-state index is 9.92. The number of benzene rings is 8. The highest BCUT2D eigenvalue weighted by molar-refractivity contribution is 6.10. The first-order valence-electron chi connectivity index (χ1n) is 26.3. The zero-order chi connectivity index (χ0) is 52.4. The summed E-state index contributed by atoms with van der Waals surface area (Å²) in [6.45, 7) is 0. The quantitative estimate of drug-likeness (QED) is 0.165. The van der Waals surface area contributed by atoms with Crippen LogP contribution in [0.15, 0.2) is 206 Å². The Bertz CT molecular complexity index is 3760. The number of para-hydroxylation sites is 2. The highest BCUT2D eigenvalue weighted by Gasteiger charge is 2.17. The van der Waals surface area contributed by atoms with Crippen LogP contribution in [-0.4, -0.2) is 4.57 Å². The number of anilines is 3. The normalized spacial score (nSPS) is 17.4. The van der Waals surface area contributed by atoms with E-state index in [-0.39, 0.29) is 11.1 Å². The Morgan fingerprint density at radius 3 is 1.60 bits per heavy atom. The molecule has 1 aromatic heterocycles. The minimum absolute atomic E-state index is 0.138. The lowest BCUT2D eigenvalue weighted by molar-refractivity contribution is 1.18. The molecule has 50 heavy (non-hydrogen) atoms. The Morgan fingerprint density at radius 1 is 0.380 bits per heavy atom. The average molecular weight is 661 g/mol. The molecule has 0 atom stereocenters. The van der Waals surface area contributed by atoms with E-state index in [0.717, 1.165) is 16.6 Å². The van der Waals surface area contributed by atoms with Crippen LogP contribution in [0.4, 0.5) is 17.1 Å². The molecule has 0 spiro atoms. The van der Waals surface area contributed by atoms with E-state index in [1.165, 1.54) is 0 Å². The molecule has 236 valence electrons. The van der Waals surface area contributed by atoms with Crippen molar-refractivity contribution in [3.8, 4) is 39.1 Å². The van der Waals surface area contributed by atoms with Crippen molar-refractivity contribution in [1.29, 1.82) is 0 Å². The largest absolute Gasteiger partial charge is 0.310 e. The monoisotopic (exact) mass is 660 g/mol. The molecular formula is C48H34N2. The van der Waals surface area contributed by atoms with Gasteiger partial charge in [0.25, 0.3) is 0 Å². The highest BCUT2D eigenvalue weighted by Crippen LogP contribution is 2.40. The number of fused-ring (bicyclic) bond motifs is 3. The van der Waals surface area contributed by atoms with E-state index in [2.05, 4.69) is 0 Å². The summed E-state index contributed by atoms with van der Waals surface area (Å²) in [5.41, 5.74) is -3.79. The summed E-state index contributed by atoms with van der Waals surface area (Å²) in [7, 11) is 0. The van der Waals surface area contributed by atoms with Crippen LogP contribution in [0, 0.1) is 0 Å². The summed E-state index contributed by atoms with van der Waals surface area (Å²) in [4.78, 5) is 0.541.